The smallest absolute Gasteiger partial charge is 0.378 e. The summed E-state index contributed by atoms with van der Waals surface area (Å²) in [6.07, 6.45) is 0. The Morgan fingerprint density at radius 1 is 1.19 bits per heavy atom. The van der Waals surface area contributed by atoms with Crippen molar-refractivity contribution < 1.29 is 23.6 Å². The fraction of sp³-hybridized carbons (Fsp3) is 1.00. The Labute approximate surface area is 95.0 Å². The molecule has 0 atom stereocenters. The summed E-state index contributed by atoms with van der Waals surface area (Å²) >= 11 is 0. The van der Waals surface area contributed by atoms with Crippen molar-refractivity contribution in [1.29, 1.82) is 0 Å². The molecule has 1 fully saturated rings. The maximum atomic E-state index is 10.3. The minimum Gasteiger partial charge on any atom is -0.378 e. The molecule has 0 unspecified atom stereocenters. The number of hydrogen-bond acceptors (Lipinski definition) is 5. The van der Waals surface area contributed by atoms with E-state index in [-0.39, 0.29) is 13.2 Å². The van der Waals surface area contributed by atoms with Crippen molar-refractivity contribution in [2.24, 2.45) is 0 Å². The summed E-state index contributed by atoms with van der Waals surface area (Å²) in [5.74, 6) is 0. The first-order valence-corrected chi connectivity index (χ1v) is 6.82. The van der Waals surface area contributed by atoms with Gasteiger partial charge in [-0.3, -0.25) is 9.42 Å². The van der Waals surface area contributed by atoms with Crippen LogP contribution in [0.5, 0.6) is 0 Å². The lowest BCUT2D eigenvalue weighted by molar-refractivity contribution is 0.0673. The van der Waals surface area contributed by atoms with Gasteiger partial charge in [-0.05, 0) is 0 Å². The summed E-state index contributed by atoms with van der Waals surface area (Å²) in [4.78, 5) is 19.1. The van der Waals surface area contributed by atoms with Crippen LogP contribution in [0.3, 0.4) is 0 Å². The Bertz CT molecular complexity index is 228. The van der Waals surface area contributed by atoms with Gasteiger partial charge in [-0.2, -0.15) is 0 Å². The van der Waals surface area contributed by atoms with Gasteiger partial charge < -0.3 is 19.8 Å². The molecule has 1 aliphatic heterocycles. The summed E-state index contributed by atoms with van der Waals surface area (Å²) in [6.45, 7) is 5.57. The molecule has 8 heteroatoms. The van der Waals surface area contributed by atoms with Crippen molar-refractivity contribution in [3.05, 3.63) is 0 Å². The van der Waals surface area contributed by atoms with Gasteiger partial charge in [-0.1, -0.05) is 0 Å². The lowest BCUT2D eigenvalue weighted by Gasteiger charge is -2.26. The van der Waals surface area contributed by atoms with Gasteiger partial charge in [0.1, 0.15) is 0 Å². The molecule has 0 aromatic carbocycles. The molecule has 7 nitrogen and oxygen atoms in total. The normalized spacial score (nSPS) is 18.9. The zero-order chi connectivity index (χ0) is 11.9. The average Bonchev–Trinajstić information content (AvgIpc) is 2.23. The van der Waals surface area contributed by atoms with Crippen molar-refractivity contribution in [3.8, 4) is 0 Å². The quantitative estimate of drug-likeness (QED) is 0.397. The van der Waals surface area contributed by atoms with Crippen molar-refractivity contribution in [1.82, 2.24) is 10.2 Å². The highest BCUT2D eigenvalue weighted by Crippen LogP contribution is 2.35. The van der Waals surface area contributed by atoms with E-state index in [2.05, 4.69) is 14.7 Å². The number of ether oxygens (including phenoxy) is 1. The Balaban J connectivity index is 1.89. The summed E-state index contributed by atoms with van der Waals surface area (Å²) in [5, 5.41) is 3.25. The third kappa shape index (κ3) is 7.29. The number of rotatable bonds is 7. The first-order chi connectivity index (χ1) is 7.58. The topological polar surface area (TPSA) is 91.3 Å². The Morgan fingerprint density at radius 3 is 2.50 bits per heavy atom. The highest BCUT2D eigenvalue weighted by Gasteiger charge is 2.13. The van der Waals surface area contributed by atoms with Crippen LogP contribution in [0.25, 0.3) is 0 Å². The molecule has 0 radical (unpaired) electrons. The highest BCUT2D eigenvalue weighted by atomic mass is 31.2. The maximum absolute atomic E-state index is 10.3. The predicted octanol–water partition coefficient (Wildman–Crippen LogP) is -0.982. The van der Waals surface area contributed by atoms with Crippen LogP contribution in [-0.4, -0.2) is 67.2 Å². The van der Waals surface area contributed by atoms with E-state index in [0.717, 1.165) is 32.7 Å². The third-order valence-corrected chi connectivity index (χ3v) is 2.77. The van der Waals surface area contributed by atoms with Crippen LogP contribution in [0.1, 0.15) is 0 Å². The van der Waals surface area contributed by atoms with Crippen LogP contribution in [0.2, 0.25) is 0 Å². The molecule has 16 heavy (non-hydrogen) atoms. The fourth-order valence-corrected chi connectivity index (χ4v) is 1.76. The van der Waals surface area contributed by atoms with Gasteiger partial charge in [0.25, 0.3) is 0 Å². The first kappa shape index (κ1) is 14.1. The largest absolute Gasteiger partial charge is 0.469 e. The number of phosphoric ester groups is 1. The van der Waals surface area contributed by atoms with Crippen molar-refractivity contribution in [3.63, 3.8) is 0 Å². The molecule has 0 spiro atoms. The number of nitrogens with one attached hydrogen (secondary N) is 1. The van der Waals surface area contributed by atoms with Crippen LogP contribution >= 0.6 is 7.82 Å². The lowest BCUT2D eigenvalue weighted by Crippen LogP contribution is -2.44. The van der Waals surface area contributed by atoms with Crippen molar-refractivity contribution in [2.45, 2.75) is 0 Å². The first-order valence-electron chi connectivity index (χ1n) is 5.29. The van der Waals surface area contributed by atoms with E-state index < -0.39 is 7.82 Å². The van der Waals surface area contributed by atoms with Gasteiger partial charge >= 0.3 is 7.82 Å². The number of phosphoric acid groups is 1. The van der Waals surface area contributed by atoms with E-state index in [4.69, 9.17) is 14.5 Å². The lowest BCUT2D eigenvalue weighted by atomic mass is 10.4. The summed E-state index contributed by atoms with van der Waals surface area (Å²) in [6, 6.07) is 0. The van der Waals surface area contributed by atoms with E-state index in [1.807, 2.05) is 0 Å². The molecule has 0 aromatic heterocycles. The second-order valence-electron chi connectivity index (χ2n) is 3.53. The molecule has 1 heterocycles. The highest BCUT2D eigenvalue weighted by molar-refractivity contribution is 7.46. The number of hydrogen-bond donors (Lipinski definition) is 3. The molecule has 1 aliphatic rings. The van der Waals surface area contributed by atoms with Gasteiger partial charge in [0.2, 0.25) is 0 Å². The fourth-order valence-electron chi connectivity index (χ4n) is 1.45. The number of piperazine rings is 1. The molecule has 0 bridgehead atoms. The van der Waals surface area contributed by atoms with E-state index in [0.29, 0.717) is 6.61 Å². The van der Waals surface area contributed by atoms with Crippen molar-refractivity contribution in [2.75, 3.05) is 52.5 Å². The summed E-state index contributed by atoms with van der Waals surface area (Å²) < 4.78 is 19.8. The van der Waals surface area contributed by atoms with Gasteiger partial charge in [-0.15, -0.1) is 0 Å². The third-order valence-electron chi connectivity index (χ3n) is 2.25. The molecule has 0 aromatic rings. The number of nitrogens with zero attached hydrogens (tertiary/aromatic N) is 1. The van der Waals surface area contributed by atoms with E-state index >= 15 is 0 Å². The molecule has 1 rings (SSSR count). The maximum Gasteiger partial charge on any atom is 0.469 e. The summed E-state index contributed by atoms with van der Waals surface area (Å²) in [5.41, 5.74) is 0. The Morgan fingerprint density at radius 2 is 1.88 bits per heavy atom. The van der Waals surface area contributed by atoms with Crippen LogP contribution < -0.4 is 5.32 Å². The van der Waals surface area contributed by atoms with Crippen molar-refractivity contribution >= 4 is 7.82 Å². The standard InChI is InChI=1S/C8H19N2O5P/c11-16(12,13)15-8-7-14-6-5-10-3-1-9-2-4-10/h9H,1-8H2,(H2,11,12,13). The van der Waals surface area contributed by atoms with Gasteiger partial charge in [0.15, 0.2) is 0 Å². The van der Waals surface area contributed by atoms with Crippen LogP contribution in [0, 0.1) is 0 Å². The van der Waals surface area contributed by atoms with Gasteiger partial charge in [-0.25, -0.2) is 4.57 Å². The second-order valence-corrected chi connectivity index (χ2v) is 4.77. The summed E-state index contributed by atoms with van der Waals surface area (Å²) in [7, 11) is -4.34. The molecule has 1 saturated heterocycles. The molecular formula is C8H19N2O5P. The van der Waals surface area contributed by atoms with Gasteiger partial charge in [0, 0.05) is 32.7 Å². The SMILES string of the molecule is O=P(O)(O)OCCOCCN1CCNCC1. The molecule has 0 saturated carbocycles. The average molecular weight is 254 g/mol. The molecule has 0 amide bonds. The van der Waals surface area contributed by atoms with E-state index in [1.54, 1.807) is 0 Å². The van der Waals surface area contributed by atoms with Crippen LogP contribution in [0.4, 0.5) is 0 Å². The zero-order valence-corrected chi connectivity index (χ0v) is 10.1. The Hall–Kier alpha value is -0.0100. The molecule has 0 aliphatic carbocycles. The molecule has 3 N–H and O–H groups in total. The molecular weight excluding hydrogens is 235 g/mol. The predicted molar refractivity (Wildman–Crippen MR) is 58.1 cm³/mol. The monoisotopic (exact) mass is 254 g/mol. The van der Waals surface area contributed by atoms with Crippen LogP contribution in [0.15, 0.2) is 0 Å². The second kappa shape index (κ2) is 7.34. The zero-order valence-electron chi connectivity index (χ0n) is 9.17. The minimum absolute atomic E-state index is 0.0775. The molecule has 96 valence electrons. The van der Waals surface area contributed by atoms with E-state index in [1.165, 1.54) is 0 Å². The van der Waals surface area contributed by atoms with Gasteiger partial charge in [0.05, 0.1) is 19.8 Å². The van der Waals surface area contributed by atoms with Crippen LogP contribution in [-0.2, 0) is 13.8 Å². The minimum atomic E-state index is -4.34. The van der Waals surface area contributed by atoms with E-state index in [9.17, 15) is 4.57 Å². The Kier molecular flexibility index (Phi) is 6.45.